The Morgan fingerprint density at radius 2 is 2.04 bits per heavy atom. The van der Waals surface area contributed by atoms with Gasteiger partial charge in [0.2, 0.25) is 0 Å². The maximum absolute atomic E-state index is 12.1. The van der Waals surface area contributed by atoms with E-state index in [1.54, 1.807) is 18.6 Å². The van der Waals surface area contributed by atoms with E-state index in [2.05, 4.69) is 25.2 Å². The molecule has 4 aromatic heterocycles. The molecule has 0 saturated carbocycles. The number of hydrogen-bond acceptors (Lipinski definition) is 5. The number of hydrogen-bond donors (Lipinski definition) is 3. The van der Waals surface area contributed by atoms with Crippen LogP contribution in [0.3, 0.4) is 0 Å². The van der Waals surface area contributed by atoms with Gasteiger partial charge in [-0.2, -0.15) is 0 Å². The molecule has 0 spiro atoms. The molecule has 0 saturated heterocycles. The van der Waals surface area contributed by atoms with Crippen molar-refractivity contribution in [2.24, 2.45) is 0 Å². The SMILES string of the molecule is CN(C)CCNc1nc2c3cc[nH]c(=O)c3[nH]c2c2ccncc12. The first kappa shape index (κ1) is 14.6. The lowest BCUT2D eigenvalue weighted by atomic mass is 10.1. The van der Waals surface area contributed by atoms with Gasteiger partial charge in [0, 0.05) is 47.8 Å². The molecule has 4 aromatic rings. The van der Waals surface area contributed by atoms with Crippen LogP contribution in [0.4, 0.5) is 5.82 Å². The Balaban J connectivity index is 1.99. The lowest BCUT2D eigenvalue weighted by Crippen LogP contribution is -2.21. The van der Waals surface area contributed by atoms with E-state index in [0.29, 0.717) is 5.52 Å². The number of pyridine rings is 3. The third-order valence-electron chi connectivity index (χ3n) is 4.12. The summed E-state index contributed by atoms with van der Waals surface area (Å²) in [6.07, 6.45) is 5.20. The van der Waals surface area contributed by atoms with Crippen molar-refractivity contribution >= 4 is 38.5 Å². The van der Waals surface area contributed by atoms with Gasteiger partial charge in [-0.3, -0.25) is 9.78 Å². The van der Waals surface area contributed by atoms with Gasteiger partial charge >= 0.3 is 0 Å². The quantitative estimate of drug-likeness (QED) is 0.534. The smallest absolute Gasteiger partial charge is 0.272 e. The molecule has 0 bridgehead atoms. The highest BCUT2D eigenvalue weighted by Gasteiger charge is 2.14. The molecule has 0 aliphatic carbocycles. The van der Waals surface area contributed by atoms with Crippen molar-refractivity contribution < 1.29 is 0 Å². The predicted molar refractivity (Wildman–Crippen MR) is 96.6 cm³/mol. The van der Waals surface area contributed by atoms with Gasteiger partial charge in [0.1, 0.15) is 11.3 Å². The fourth-order valence-electron chi connectivity index (χ4n) is 2.94. The van der Waals surface area contributed by atoms with Crippen LogP contribution in [0.15, 0.2) is 35.5 Å². The first-order chi connectivity index (χ1) is 11.6. The molecular formula is C17H18N6O. The zero-order valence-electron chi connectivity index (χ0n) is 13.6. The Bertz CT molecular complexity index is 1090. The van der Waals surface area contributed by atoms with E-state index in [4.69, 9.17) is 4.98 Å². The fraction of sp³-hybridized carbons (Fsp3) is 0.235. The first-order valence-corrected chi connectivity index (χ1v) is 7.80. The summed E-state index contributed by atoms with van der Waals surface area (Å²) >= 11 is 0. The maximum atomic E-state index is 12.1. The van der Waals surface area contributed by atoms with Crippen molar-refractivity contribution in [2.75, 3.05) is 32.5 Å². The number of anilines is 1. The van der Waals surface area contributed by atoms with Crippen LogP contribution in [0, 0.1) is 0 Å². The highest BCUT2D eigenvalue weighted by atomic mass is 16.1. The average molecular weight is 322 g/mol. The molecule has 7 nitrogen and oxygen atoms in total. The molecule has 0 aliphatic rings. The highest BCUT2D eigenvalue weighted by Crippen LogP contribution is 2.31. The van der Waals surface area contributed by atoms with Crippen LogP contribution in [0.2, 0.25) is 0 Å². The molecule has 0 atom stereocenters. The van der Waals surface area contributed by atoms with Crippen molar-refractivity contribution in [3.05, 3.63) is 41.1 Å². The van der Waals surface area contributed by atoms with Crippen LogP contribution in [0.25, 0.3) is 32.7 Å². The Morgan fingerprint density at radius 3 is 2.88 bits per heavy atom. The first-order valence-electron chi connectivity index (χ1n) is 7.80. The van der Waals surface area contributed by atoms with E-state index in [-0.39, 0.29) is 5.56 Å². The summed E-state index contributed by atoms with van der Waals surface area (Å²) in [6.45, 7) is 1.67. The van der Waals surface area contributed by atoms with Gasteiger partial charge < -0.3 is 20.2 Å². The van der Waals surface area contributed by atoms with Gasteiger partial charge in [0.25, 0.3) is 5.56 Å². The lowest BCUT2D eigenvalue weighted by molar-refractivity contribution is 0.425. The van der Waals surface area contributed by atoms with Crippen LogP contribution < -0.4 is 10.9 Å². The molecule has 3 N–H and O–H groups in total. The Morgan fingerprint density at radius 1 is 1.17 bits per heavy atom. The van der Waals surface area contributed by atoms with E-state index in [1.165, 1.54) is 0 Å². The van der Waals surface area contributed by atoms with Crippen molar-refractivity contribution in [3.8, 4) is 0 Å². The van der Waals surface area contributed by atoms with Gasteiger partial charge in [-0.25, -0.2) is 4.98 Å². The van der Waals surface area contributed by atoms with Crippen LogP contribution >= 0.6 is 0 Å². The van der Waals surface area contributed by atoms with Gasteiger partial charge in [0.15, 0.2) is 0 Å². The molecular weight excluding hydrogens is 304 g/mol. The molecule has 0 fully saturated rings. The molecule has 0 aromatic carbocycles. The number of aromatic nitrogens is 4. The minimum absolute atomic E-state index is 0.144. The molecule has 4 rings (SSSR count). The third kappa shape index (κ3) is 2.30. The van der Waals surface area contributed by atoms with Gasteiger partial charge in [-0.15, -0.1) is 0 Å². The second kappa shape index (κ2) is 5.61. The number of H-pyrrole nitrogens is 2. The van der Waals surface area contributed by atoms with Crippen LogP contribution in [0.1, 0.15) is 0 Å². The number of rotatable bonds is 4. The standard InChI is InChI=1S/C17H18N6O/c1-23(2)8-7-19-16-12-9-18-5-3-10(12)13-14(22-16)11-4-6-20-17(24)15(11)21-13/h3-6,9,21H,7-8H2,1-2H3,(H,19,22)(H,20,24). The average Bonchev–Trinajstić information content (AvgIpc) is 2.95. The van der Waals surface area contributed by atoms with E-state index in [9.17, 15) is 4.79 Å². The Hall–Kier alpha value is -2.93. The van der Waals surface area contributed by atoms with Gasteiger partial charge in [0.05, 0.1) is 11.0 Å². The van der Waals surface area contributed by atoms with Crippen molar-refractivity contribution in [2.45, 2.75) is 0 Å². The second-order valence-electron chi connectivity index (χ2n) is 6.06. The van der Waals surface area contributed by atoms with Crippen LogP contribution in [-0.2, 0) is 0 Å². The largest absolute Gasteiger partial charge is 0.368 e. The summed E-state index contributed by atoms with van der Waals surface area (Å²) in [5.41, 5.74) is 2.05. The van der Waals surface area contributed by atoms with E-state index in [1.807, 2.05) is 26.2 Å². The van der Waals surface area contributed by atoms with Gasteiger partial charge in [-0.05, 0) is 26.2 Å². The van der Waals surface area contributed by atoms with E-state index < -0.39 is 0 Å². The summed E-state index contributed by atoms with van der Waals surface area (Å²) < 4.78 is 0. The molecule has 4 heterocycles. The second-order valence-corrected chi connectivity index (χ2v) is 6.06. The highest BCUT2D eigenvalue weighted by molar-refractivity contribution is 6.16. The minimum Gasteiger partial charge on any atom is -0.368 e. The zero-order valence-corrected chi connectivity index (χ0v) is 13.6. The summed E-state index contributed by atoms with van der Waals surface area (Å²) in [4.78, 5) is 29.1. The van der Waals surface area contributed by atoms with E-state index in [0.717, 1.165) is 46.1 Å². The number of nitrogens with zero attached hydrogens (tertiary/aromatic N) is 3. The summed E-state index contributed by atoms with van der Waals surface area (Å²) in [5, 5.41) is 6.14. The van der Waals surface area contributed by atoms with E-state index >= 15 is 0 Å². The molecule has 24 heavy (non-hydrogen) atoms. The number of likely N-dealkylation sites (N-methyl/N-ethyl adjacent to an activating group) is 1. The number of aromatic amines is 2. The number of nitrogens with one attached hydrogen (secondary N) is 3. The molecule has 0 unspecified atom stereocenters. The third-order valence-corrected chi connectivity index (χ3v) is 4.12. The van der Waals surface area contributed by atoms with Gasteiger partial charge in [-0.1, -0.05) is 0 Å². The minimum atomic E-state index is -0.144. The molecule has 0 radical (unpaired) electrons. The molecule has 122 valence electrons. The zero-order chi connectivity index (χ0) is 16.7. The summed E-state index contributed by atoms with van der Waals surface area (Å²) in [7, 11) is 4.06. The topological polar surface area (TPSA) is 89.7 Å². The molecule has 7 heteroatoms. The predicted octanol–water partition coefficient (Wildman–Crippen LogP) is 1.93. The number of fused-ring (bicyclic) bond motifs is 5. The van der Waals surface area contributed by atoms with Crippen molar-refractivity contribution in [3.63, 3.8) is 0 Å². The van der Waals surface area contributed by atoms with Crippen LogP contribution in [-0.4, -0.2) is 52.0 Å². The van der Waals surface area contributed by atoms with Crippen LogP contribution in [0.5, 0.6) is 0 Å². The van der Waals surface area contributed by atoms with Crippen molar-refractivity contribution in [1.82, 2.24) is 24.8 Å². The maximum Gasteiger partial charge on any atom is 0.272 e. The fourth-order valence-corrected chi connectivity index (χ4v) is 2.94. The monoisotopic (exact) mass is 322 g/mol. The summed E-state index contributed by atoms with van der Waals surface area (Å²) in [5.74, 6) is 0.786. The van der Waals surface area contributed by atoms with Crippen molar-refractivity contribution in [1.29, 1.82) is 0 Å². The lowest BCUT2D eigenvalue weighted by Gasteiger charge is -2.12. The Kier molecular flexibility index (Phi) is 3.42. The Labute approximate surface area is 137 Å². The molecule has 0 aliphatic heterocycles. The normalized spacial score (nSPS) is 11.8. The molecule has 0 amide bonds. The summed E-state index contributed by atoms with van der Waals surface area (Å²) in [6, 6.07) is 3.82.